The van der Waals surface area contributed by atoms with E-state index in [0.29, 0.717) is 23.9 Å². The van der Waals surface area contributed by atoms with Crippen molar-refractivity contribution in [3.05, 3.63) is 5.82 Å². The van der Waals surface area contributed by atoms with E-state index in [2.05, 4.69) is 39.2 Å². The van der Waals surface area contributed by atoms with Gasteiger partial charge in [0.2, 0.25) is 5.95 Å². The van der Waals surface area contributed by atoms with Crippen LogP contribution in [-0.2, 0) is 5.60 Å². The molecule has 0 aromatic carbocycles. The molecule has 2 rings (SSSR count). The second-order valence-electron chi connectivity index (χ2n) is 5.42. The molecule has 17 heavy (non-hydrogen) atoms. The molecule has 2 unspecified atom stereocenters. The average molecular weight is 239 g/mol. The maximum absolute atomic E-state index is 9.84. The quantitative estimate of drug-likeness (QED) is 0.688. The molecule has 1 saturated heterocycles. The number of H-pyrrole nitrogens is 1. The third-order valence-corrected chi connectivity index (χ3v) is 2.89. The molecule has 6 heteroatoms. The lowest BCUT2D eigenvalue weighted by atomic mass is 10.1. The molecule has 3 N–H and O–H groups in total. The van der Waals surface area contributed by atoms with Crippen molar-refractivity contribution < 1.29 is 5.11 Å². The van der Waals surface area contributed by atoms with Gasteiger partial charge in [-0.1, -0.05) is 0 Å². The zero-order valence-corrected chi connectivity index (χ0v) is 10.9. The van der Waals surface area contributed by atoms with Crippen LogP contribution in [0.15, 0.2) is 0 Å². The van der Waals surface area contributed by atoms with Crippen LogP contribution in [0.1, 0.15) is 33.5 Å². The standard InChI is InChI=1S/C11H21N5O/c1-7-5-16(6-8(2)12-7)10-13-9(14-15-10)11(3,4)17/h7-8,12,17H,5-6H2,1-4H3,(H,13,14,15). The van der Waals surface area contributed by atoms with Crippen molar-refractivity contribution in [2.45, 2.75) is 45.4 Å². The first kappa shape index (κ1) is 12.3. The minimum Gasteiger partial charge on any atom is -0.382 e. The zero-order chi connectivity index (χ0) is 12.6. The topological polar surface area (TPSA) is 77.1 Å². The highest BCUT2D eigenvalue weighted by Gasteiger charge is 2.26. The van der Waals surface area contributed by atoms with Crippen molar-refractivity contribution in [1.29, 1.82) is 0 Å². The predicted octanol–water partition coefficient (Wildman–Crippen LogP) is 0.219. The van der Waals surface area contributed by atoms with Gasteiger partial charge in [0.25, 0.3) is 0 Å². The van der Waals surface area contributed by atoms with Crippen LogP contribution in [0.4, 0.5) is 5.95 Å². The smallest absolute Gasteiger partial charge is 0.244 e. The molecular formula is C11H21N5O. The van der Waals surface area contributed by atoms with Crippen molar-refractivity contribution >= 4 is 5.95 Å². The summed E-state index contributed by atoms with van der Waals surface area (Å²) >= 11 is 0. The lowest BCUT2D eigenvalue weighted by molar-refractivity contribution is 0.0691. The van der Waals surface area contributed by atoms with E-state index in [4.69, 9.17) is 0 Å². The molecule has 2 atom stereocenters. The van der Waals surface area contributed by atoms with Crippen molar-refractivity contribution in [2.24, 2.45) is 0 Å². The zero-order valence-electron chi connectivity index (χ0n) is 10.9. The Balaban J connectivity index is 2.14. The number of piperazine rings is 1. The number of aromatic amines is 1. The summed E-state index contributed by atoms with van der Waals surface area (Å²) in [6, 6.07) is 0.839. The first-order chi connectivity index (χ1) is 7.86. The molecule has 1 fully saturated rings. The molecule has 1 aromatic heterocycles. The summed E-state index contributed by atoms with van der Waals surface area (Å²) in [6.07, 6.45) is 0. The Hall–Kier alpha value is -1.14. The molecule has 0 spiro atoms. The van der Waals surface area contributed by atoms with Crippen molar-refractivity contribution in [3.8, 4) is 0 Å². The fourth-order valence-corrected chi connectivity index (χ4v) is 2.16. The Morgan fingerprint density at radius 1 is 1.29 bits per heavy atom. The minimum atomic E-state index is -0.976. The first-order valence-corrected chi connectivity index (χ1v) is 6.02. The Kier molecular flexibility index (Phi) is 3.09. The lowest BCUT2D eigenvalue weighted by Crippen LogP contribution is -2.54. The third-order valence-electron chi connectivity index (χ3n) is 2.89. The van der Waals surface area contributed by atoms with Gasteiger partial charge < -0.3 is 15.3 Å². The summed E-state index contributed by atoms with van der Waals surface area (Å²) in [6.45, 7) is 9.44. The van der Waals surface area contributed by atoms with E-state index in [9.17, 15) is 5.11 Å². The van der Waals surface area contributed by atoms with Crippen LogP contribution in [0.5, 0.6) is 0 Å². The molecule has 0 radical (unpaired) electrons. The van der Waals surface area contributed by atoms with Gasteiger partial charge in [0.15, 0.2) is 5.82 Å². The van der Waals surface area contributed by atoms with Crippen LogP contribution in [0.2, 0.25) is 0 Å². The van der Waals surface area contributed by atoms with Gasteiger partial charge in [-0.05, 0) is 27.7 Å². The highest BCUT2D eigenvalue weighted by Crippen LogP contribution is 2.19. The summed E-state index contributed by atoms with van der Waals surface area (Å²) < 4.78 is 0. The Morgan fingerprint density at radius 2 is 1.88 bits per heavy atom. The summed E-state index contributed by atoms with van der Waals surface area (Å²) in [5, 5.41) is 20.3. The first-order valence-electron chi connectivity index (χ1n) is 6.02. The highest BCUT2D eigenvalue weighted by molar-refractivity contribution is 5.31. The van der Waals surface area contributed by atoms with Gasteiger partial charge in [-0.2, -0.15) is 4.98 Å². The second kappa shape index (κ2) is 4.27. The number of aliphatic hydroxyl groups is 1. The SMILES string of the molecule is CC1CN(c2n[nH]c(C(C)(C)O)n2)CC(C)N1. The van der Waals surface area contributed by atoms with Gasteiger partial charge in [-0.3, -0.25) is 5.10 Å². The maximum Gasteiger partial charge on any atom is 0.244 e. The van der Waals surface area contributed by atoms with Crippen LogP contribution in [-0.4, -0.2) is 45.5 Å². The van der Waals surface area contributed by atoms with Crippen LogP contribution >= 0.6 is 0 Å². The predicted molar refractivity (Wildman–Crippen MR) is 65.9 cm³/mol. The van der Waals surface area contributed by atoms with Crippen LogP contribution in [0, 0.1) is 0 Å². The average Bonchev–Trinajstić information content (AvgIpc) is 2.63. The van der Waals surface area contributed by atoms with E-state index in [1.165, 1.54) is 0 Å². The third kappa shape index (κ3) is 2.76. The summed E-state index contributed by atoms with van der Waals surface area (Å²) in [5.74, 6) is 1.17. The number of hydrogen-bond donors (Lipinski definition) is 3. The van der Waals surface area contributed by atoms with E-state index < -0.39 is 5.60 Å². The van der Waals surface area contributed by atoms with Gasteiger partial charge in [-0.25, -0.2) is 0 Å². The van der Waals surface area contributed by atoms with Crippen LogP contribution in [0.25, 0.3) is 0 Å². The molecule has 0 aliphatic carbocycles. The fourth-order valence-electron chi connectivity index (χ4n) is 2.16. The van der Waals surface area contributed by atoms with Gasteiger partial charge >= 0.3 is 0 Å². The van der Waals surface area contributed by atoms with Crippen molar-refractivity contribution in [3.63, 3.8) is 0 Å². The van der Waals surface area contributed by atoms with E-state index in [1.54, 1.807) is 13.8 Å². The number of hydrogen-bond acceptors (Lipinski definition) is 5. The Bertz CT molecular complexity index is 373. The van der Waals surface area contributed by atoms with E-state index in [-0.39, 0.29) is 0 Å². The number of nitrogens with one attached hydrogen (secondary N) is 2. The molecule has 0 amide bonds. The van der Waals surface area contributed by atoms with Crippen molar-refractivity contribution in [1.82, 2.24) is 20.5 Å². The van der Waals surface area contributed by atoms with E-state index in [1.807, 2.05) is 0 Å². The van der Waals surface area contributed by atoms with Crippen LogP contribution in [0.3, 0.4) is 0 Å². The minimum absolute atomic E-state index is 0.419. The molecular weight excluding hydrogens is 218 g/mol. The monoisotopic (exact) mass is 239 g/mol. The van der Waals surface area contributed by atoms with E-state index >= 15 is 0 Å². The summed E-state index contributed by atoms with van der Waals surface area (Å²) in [5.41, 5.74) is -0.976. The summed E-state index contributed by atoms with van der Waals surface area (Å²) in [4.78, 5) is 6.49. The van der Waals surface area contributed by atoms with Gasteiger partial charge in [-0.15, -0.1) is 5.10 Å². The van der Waals surface area contributed by atoms with Gasteiger partial charge in [0.05, 0.1) is 0 Å². The number of rotatable bonds is 2. The molecule has 96 valence electrons. The van der Waals surface area contributed by atoms with Gasteiger partial charge in [0.1, 0.15) is 5.60 Å². The number of nitrogens with zero attached hydrogens (tertiary/aromatic N) is 3. The van der Waals surface area contributed by atoms with Crippen LogP contribution < -0.4 is 10.2 Å². The Labute approximate surface area is 101 Å². The van der Waals surface area contributed by atoms with Gasteiger partial charge in [0, 0.05) is 25.2 Å². The second-order valence-corrected chi connectivity index (χ2v) is 5.42. The summed E-state index contributed by atoms with van der Waals surface area (Å²) in [7, 11) is 0. The lowest BCUT2D eigenvalue weighted by Gasteiger charge is -2.35. The number of aromatic nitrogens is 3. The van der Waals surface area contributed by atoms with E-state index in [0.717, 1.165) is 13.1 Å². The highest BCUT2D eigenvalue weighted by atomic mass is 16.3. The molecule has 1 aliphatic heterocycles. The molecule has 1 aliphatic rings. The fraction of sp³-hybridized carbons (Fsp3) is 0.818. The number of anilines is 1. The molecule has 2 heterocycles. The molecule has 1 aromatic rings. The molecule has 0 saturated carbocycles. The van der Waals surface area contributed by atoms with Crippen molar-refractivity contribution in [2.75, 3.05) is 18.0 Å². The maximum atomic E-state index is 9.84. The molecule has 6 nitrogen and oxygen atoms in total. The normalized spacial score (nSPS) is 26.3. The molecule has 0 bridgehead atoms. The largest absolute Gasteiger partial charge is 0.382 e. The Morgan fingerprint density at radius 3 is 2.35 bits per heavy atom.